The molecule has 5 nitrogen and oxygen atoms in total. The van der Waals surface area contributed by atoms with Crippen molar-refractivity contribution in [2.75, 3.05) is 19.6 Å². The van der Waals surface area contributed by atoms with Gasteiger partial charge in [-0.25, -0.2) is 0 Å². The molecule has 0 aromatic carbocycles. The number of aromatic nitrogens is 2. The molecule has 0 spiro atoms. The zero-order chi connectivity index (χ0) is 11.7. The van der Waals surface area contributed by atoms with Crippen molar-refractivity contribution in [3.8, 4) is 0 Å². The zero-order valence-electron chi connectivity index (χ0n) is 10.0. The van der Waals surface area contributed by atoms with Crippen LogP contribution in [-0.2, 0) is 7.05 Å². The number of nitrogens with one attached hydrogen (secondary N) is 1. The van der Waals surface area contributed by atoms with Gasteiger partial charge in [0.05, 0.1) is 5.69 Å². The molecule has 0 radical (unpaired) electrons. The van der Waals surface area contributed by atoms with E-state index < -0.39 is 0 Å². The topological polar surface area (TPSA) is 50.2 Å². The van der Waals surface area contributed by atoms with Crippen LogP contribution in [0.1, 0.15) is 23.1 Å². The van der Waals surface area contributed by atoms with E-state index in [1.165, 1.54) is 0 Å². The second-order valence-corrected chi connectivity index (χ2v) is 4.35. The van der Waals surface area contributed by atoms with Crippen molar-refractivity contribution in [2.24, 2.45) is 7.05 Å². The van der Waals surface area contributed by atoms with Gasteiger partial charge >= 0.3 is 0 Å². The molecule has 1 N–H and O–H groups in total. The van der Waals surface area contributed by atoms with Crippen molar-refractivity contribution in [1.82, 2.24) is 20.0 Å². The molecule has 0 saturated carbocycles. The maximum absolute atomic E-state index is 12.3. The minimum Gasteiger partial charge on any atom is -0.332 e. The third-order valence-electron chi connectivity index (χ3n) is 2.98. The van der Waals surface area contributed by atoms with Gasteiger partial charge in [0.1, 0.15) is 5.69 Å². The first-order chi connectivity index (χ1) is 7.59. The Balaban J connectivity index is 2.21. The molecule has 1 aromatic heterocycles. The summed E-state index contributed by atoms with van der Waals surface area (Å²) in [6.45, 7) is 6.46. The van der Waals surface area contributed by atoms with E-state index in [9.17, 15) is 4.79 Å². The molecule has 0 aliphatic carbocycles. The molecule has 2 rings (SSSR count). The average Bonchev–Trinajstić information content (AvgIpc) is 2.58. The highest BCUT2D eigenvalue weighted by Crippen LogP contribution is 2.10. The number of aryl methyl sites for hydroxylation is 2. The third-order valence-corrected chi connectivity index (χ3v) is 2.98. The van der Waals surface area contributed by atoms with Crippen molar-refractivity contribution < 1.29 is 4.79 Å². The van der Waals surface area contributed by atoms with Gasteiger partial charge < -0.3 is 10.2 Å². The van der Waals surface area contributed by atoms with Crippen LogP contribution in [0, 0.1) is 6.92 Å². The quantitative estimate of drug-likeness (QED) is 0.736. The molecule has 1 atom stereocenters. The predicted octanol–water partition coefficient (Wildman–Crippen LogP) is 0.162. The highest BCUT2D eigenvalue weighted by Gasteiger charge is 2.25. The second kappa shape index (κ2) is 4.25. The Kier molecular flexibility index (Phi) is 2.96. The highest BCUT2D eigenvalue weighted by molar-refractivity contribution is 5.93. The number of rotatable bonds is 1. The number of carbonyl (C=O) groups is 1. The Morgan fingerprint density at radius 3 is 2.94 bits per heavy atom. The second-order valence-electron chi connectivity index (χ2n) is 4.35. The van der Waals surface area contributed by atoms with Gasteiger partial charge in [0.2, 0.25) is 0 Å². The number of piperazine rings is 1. The van der Waals surface area contributed by atoms with Gasteiger partial charge in [0.25, 0.3) is 5.91 Å². The highest BCUT2D eigenvalue weighted by atomic mass is 16.2. The first-order valence-corrected chi connectivity index (χ1v) is 5.62. The largest absolute Gasteiger partial charge is 0.332 e. The number of hydrogen-bond acceptors (Lipinski definition) is 3. The maximum atomic E-state index is 12.3. The fraction of sp³-hybridized carbons (Fsp3) is 0.636. The fourth-order valence-electron chi connectivity index (χ4n) is 2.10. The van der Waals surface area contributed by atoms with E-state index in [0.29, 0.717) is 5.69 Å². The first kappa shape index (κ1) is 11.1. The molecule has 5 heteroatoms. The number of amides is 1. The lowest BCUT2D eigenvalue weighted by atomic mass is 10.2. The van der Waals surface area contributed by atoms with E-state index in [1.54, 1.807) is 4.68 Å². The molecule has 1 aromatic rings. The van der Waals surface area contributed by atoms with Gasteiger partial charge in [-0.3, -0.25) is 9.48 Å². The van der Waals surface area contributed by atoms with Gasteiger partial charge in [0, 0.05) is 32.7 Å². The minimum absolute atomic E-state index is 0.0806. The van der Waals surface area contributed by atoms with Crippen LogP contribution < -0.4 is 5.32 Å². The number of carbonyl (C=O) groups excluding carboxylic acids is 1. The Labute approximate surface area is 95.4 Å². The van der Waals surface area contributed by atoms with Crippen molar-refractivity contribution in [1.29, 1.82) is 0 Å². The average molecular weight is 222 g/mol. The van der Waals surface area contributed by atoms with Crippen LogP contribution in [0.3, 0.4) is 0 Å². The van der Waals surface area contributed by atoms with Crippen molar-refractivity contribution >= 4 is 5.91 Å². The fourth-order valence-corrected chi connectivity index (χ4v) is 2.10. The van der Waals surface area contributed by atoms with E-state index >= 15 is 0 Å². The molecular weight excluding hydrogens is 204 g/mol. The molecule has 0 unspecified atom stereocenters. The van der Waals surface area contributed by atoms with Crippen LogP contribution in [0.5, 0.6) is 0 Å². The van der Waals surface area contributed by atoms with E-state index in [4.69, 9.17) is 0 Å². The molecule has 2 heterocycles. The normalized spacial score (nSPS) is 21.2. The monoisotopic (exact) mass is 222 g/mol. The summed E-state index contributed by atoms with van der Waals surface area (Å²) in [5.41, 5.74) is 1.56. The molecule has 0 bridgehead atoms. The van der Waals surface area contributed by atoms with Crippen LogP contribution in [0.4, 0.5) is 0 Å². The van der Waals surface area contributed by atoms with Gasteiger partial charge in [-0.1, -0.05) is 0 Å². The molecule has 1 amide bonds. The Hall–Kier alpha value is -1.36. The zero-order valence-corrected chi connectivity index (χ0v) is 10.0. The lowest BCUT2D eigenvalue weighted by Crippen LogP contribution is -2.52. The van der Waals surface area contributed by atoms with Crippen LogP contribution in [0.15, 0.2) is 6.07 Å². The Morgan fingerprint density at radius 2 is 2.38 bits per heavy atom. The van der Waals surface area contributed by atoms with Crippen LogP contribution in [0.2, 0.25) is 0 Å². The van der Waals surface area contributed by atoms with E-state index in [-0.39, 0.29) is 11.9 Å². The maximum Gasteiger partial charge on any atom is 0.272 e. The standard InChI is InChI=1S/C11H18N4O/c1-8-6-10(14(3)13-8)11(16)15-5-4-12-7-9(15)2/h6,9,12H,4-5,7H2,1-3H3/t9-/m0/s1. The molecular formula is C11H18N4O. The van der Waals surface area contributed by atoms with E-state index in [1.807, 2.05) is 24.9 Å². The Morgan fingerprint density at radius 1 is 1.62 bits per heavy atom. The summed E-state index contributed by atoms with van der Waals surface area (Å²) in [6.07, 6.45) is 0. The van der Waals surface area contributed by atoms with E-state index in [0.717, 1.165) is 25.3 Å². The van der Waals surface area contributed by atoms with Crippen LogP contribution in [-0.4, -0.2) is 46.3 Å². The van der Waals surface area contributed by atoms with Crippen LogP contribution in [0.25, 0.3) is 0 Å². The van der Waals surface area contributed by atoms with Crippen LogP contribution >= 0.6 is 0 Å². The Bertz CT molecular complexity index is 399. The molecule has 1 fully saturated rings. The summed E-state index contributed by atoms with van der Waals surface area (Å²) < 4.78 is 1.66. The van der Waals surface area contributed by atoms with Crippen molar-refractivity contribution in [3.05, 3.63) is 17.5 Å². The minimum atomic E-state index is 0.0806. The molecule has 1 aliphatic heterocycles. The van der Waals surface area contributed by atoms with Crippen molar-refractivity contribution in [2.45, 2.75) is 19.9 Å². The number of hydrogen-bond donors (Lipinski definition) is 1. The smallest absolute Gasteiger partial charge is 0.272 e. The molecule has 1 aliphatic rings. The summed E-state index contributed by atoms with van der Waals surface area (Å²) >= 11 is 0. The van der Waals surface area contributed by atoms with Crippen molar-refractivity contribution in [3.63, 3.8) is 0 Å². The molecule has 1 saturated heterocycles. The molecule has 88 valence electrons. The predicted molar refractivity (Wildman–Crippen MR) is 61.3 cm³/mol. The van der Waals surface area contributed by atoms with Gasteiger partial charge in [0.15, 0.2) is 0 Å². The first-order valence-electron chi connectivity index (χ1n) is 5.62. The SMILES string of the molecule is Cc1cc(C(=O)N2CCNC[C@@H]2C)n(C)n1. The lowest BCUT2D eigenvalue weighted by Gasteiger charge is -2.33. The van der Waals surface area contributed by atoms with E-state index in [2.05, 4.69) is 17.3 Å². The third kappa shape index (κ3) is 1.95. The number of nitrogens with zero attached hydrogens (tertiary/aromatic N) is 3. The summed E-state index contributed by atoms with van der Waals surface area (Å²) in [5, 5.41) is 7.48. The lowest BCUT2D eigenvalue weighted by molar-refractivity contribution is 0.0644. The summed E-state index contributed by atoms with van der Waals surface area (Å²) in [7, 11) is 1.81. The summed E-state index contributed by atoms with van der Waals surface area (Å²) in [5.74, 6) is 0.0806. The van der Waals surface area contributed by atoms with Gasteiger partial charge in [-0.05, 0) is 19.9 Å². The van der Waals surface area contributed by atoms with Gasteiger partial charge in [-0.2, -0.15) is 5.10 Å². The van der Waals surface area contributed by atoms with Gasteiger partial charge in [-0.15, -0.1) is 0 Å². The molecule has 16 heavy (non-hydrogen) atoms. The summed E-state index contributed by atoms with van der Waals surface area (Å²) in [4.78, 5) is 14.2. The summed E-state index contributed by atoms with van der Waals surface area (Å²) in [6, 6.07) is 2.09.